The van der Waals surface area contributed by atoms with Crippen molar-refractivity contribution in [3.63, 3.8) is 0 Å². The third-order valence-corrected chi connectivity index (χ3v) is 4.32. The number of anilines is 1. The van der Waals surface area contributed by atoms with Gasteiger partial charge in [-0.2, -0.15) is 5.10 Å². The molecule has 2 N–H and O–H groups in total. The first-order chi connectivity index (χ1) is 9.15. The molecular weight excluding hydrogens is 265 g/mol. The number of nitrogens with zero attached hydrogens (tertiary/aromatic N) is 1. The summed E-state index contributed by atoms with van der Waals surface area (Å²) in [5.74, 6) is 0.513. The first-order valence-electron chi connectivity index (χ1n) is 5.87. The summed E-state index contributed by atoms with van der Waals surface area (Å²) < 4.78 is 13.4. The van der Waals surface area contributed by atoms with Crippen LogP contribution in [0.4, 0.5) is 10.2 Å². The Bertz CT molecular complexity index is 641. The number of thioether (sulfide) groups is 1. The number of aromatic amines is 1. The molecule has 0 fully saturated rings. The number of fused-ring (bicyclic) bond motifs is 1. The number of H-pyrrole nitrogens is 1. The van der Waals surface area contributed by atoms with Crippen molar-refractivity contribution in [1.82, 2.24) is 10.2 Å². The standard InChI is InChI=1S/C13H12FN3OS/c1-7-11-12(8-3-2-4-9(14)5-8)19-6-10(18)15-13(11)17-16-7/h2-5,12H,6H2,1H3,(H2,15,16,17,18). The zero-order chi connectivity index (χ0) is 13.4. The van der Waals surface area contributed by atoms with Crippen molar-refractivity contribution >= 4 is 23.5 Å². The third-order valence-electron chi connectivity index (χ3n) is 3.05. The van der Waals surface area contributed by atoms with Crippen LogP contribution in [-0.2, 0) is 4.79 Å². The Morgan fingerprint density at radius 2 is 2.32 bits per heavy atom. The van der Waals surface area contributed by atoms with Crippen LogP contribution in [0.15, 0.2) is 24.3 Å². The fourth-order valence-electron chi connectivity index (χ4n) is 2.20. The van der Waals surface area contributed by atoms with E-state index in [0.29, 0.717) is 11.6 Å². The zero-order valence-corrected chi connectivity index (χ0v) is 11.1. The van der Waals surface area contributed by atoms with E-state index in [9.17, 15) is 9.18 Å². The molecule has 1 atom stereocenters. The van der Waals surface area contributed by atoms with Crippen molar-refractivity contribution in [3.8, 4) is 0 Å². The minimum absolute atomic E-state index is 0.0864. The van der Waals surface area contributed by atoms with Crippen molar-refractivity contribution in [2.24, 2.45) is 0 Å². The SMILES string of the molecule is Cc1[nH]nc2c1C(c1cccc(F)c1)SCC(=O)N2. The van der Waals surface area contributed by atoms with Gasteiger partial charge >= 0.3 is 0 Å². The number of carbonyl (C=O) groups is 1. The highest BCUT2D eigenvalue weighted by Gasteiger charge is 2.28. The largest absolute Gasteiger partial charge is 0.308 e. The van der Waals surface area contributed by atoms with Crippen LogP contribution in [0.25, 0.3) is 0 Å². The maximum atomic E-state index is 13.4. The van der Waals surface area contributed by atoms with Gasteiger partial charge < -0.3 is 5.32 Å². The van der Waals surface area contributed by atoms with Crippen LogP contribution < -0.4 is 5.32 Å². The minimum atomic E-state index is -0.274. The van der Waals surface area contributed by atoms with E-state index >= 15 is 0 Å². The highest BCUT2D eigenvalue weighted by molar-refractivity contribution is 8.00. The number of hydrogen-bond acceptors (Lipinski definition) is 3. The molecule has 1 aliphatic heterocycles. The van der Waals surface area contributed by atoms with Gasteiger partial charge in [0.1, 0.15) is 5.82 Å². The maximum Gasteiger partial charge on any atom is 0.235 e. The predicted octanol–water partition coefficient (Wildman–Crippen LogP) is 2.63. The van der Waals surface area contributed by atoms with E-state index in [1.54, 1.807) is 6.07 Å². The van der Waals surface area contributed by atoms with Crippen molar-refractivity contribution in [2.75, 3.05) is 11.1 Å². The highest BCUT2D eigenvalue weighted by atomic mass is 32.2. The van der Waals surface area contributed by atoms with Crippen LogP contribution in [0, 0.1) is 12.7 Å². The molecule has 6 heteroatoms. The van der Waals surface area contributed by atoms with Crippen LogP contribution in [-0.4, -0.2) is 21.9 Å². The lowest BCUT2D eigenvalue weighted by molar-refractivity contribution is -0.113. The first kappa shape index (κ1) is 12.2. The molecule has 0 saturated carbocycles. The summed E-state index contributed by atoms with van der Waals surface area (Å²) in [4.78, 5) is 11.6. The van der Waals surface area contributed by atoms with E-state index < -0.39 is 0 Å². The Kier molecular flexibility index (Phi) is 3.02. The van der Waals surface area contributed by atoms with E-state index in [1.807, 2.05) is 13.0 Å². The molecule has 0 aliphatic carbocycles. The van der Waals surface area contributed by atoms with E-state index in [2.05, 4.69) is 15.5 Å². The summed E-state index contributed by atoms with van der Waals surface area (Å²) in [5.41, 5.74) is 2.65. The number of aromatic nitrogens is 2. The molecule has 4 nitrogen and oxygen atoms in total. The third kappa shape index (κ3) is 2.23. The summed E-state index contributed by atoms with van der Waals surface area (Å²) in [7, 11) is 0. The topological polar surface area (TPSA) is 57.8 Å². The second-order valence-corrected chi connectivity index (χ2v) is 5.50. The molecule has 0 radical (unpaired) electrons. The van der Waals surface area contributed by atoms with Crippen LogP contribution in [0.1, 0.15) is 22.1 Å². The van der Waals surface area contributed by atoms with E-state index in [-0.39, 0.29) is 17.0 Å². The quantitative estimate of drug-likeness (QED) is 0.842. The van der Waals surface area contributed by atoms with Crippen molar-refractivity contribution in [1.29, 1.82) is 0 Å². The monoisotopic (exact) mass is 277 g/mol. The molecule has 2 aromatic rings. The average Bonchev–Trinajstić information content (AvgIpc) is 2.64. The minimum Gasteiger partial charge on any atom is -0.308 e. The van der Waals surface area contributed by atoms with E-state index in [4.69, 9.17) is 0 Å². The fraction of sp³-hybridized carbons (Fsp3) is 0.231. The van der Waals surface area contributed by atoms with Gasteiger partial charge in [-0.1, -0.05) is 12.1 Å². The smallest absolute Gasteiger partial charge is 0.235 e. The Labute approximate surface area is 113 Å². The van der Waals surface area contributed by atoms with Crippen molar-refractivity contribution in [3.05, 3.63) is 46.9 Å². The molecular formula is C13H12FN3OS. The lowest BCUT2D eigenvalue weighted by atomic mass is 10.0. The molecule has 3 rings (SSSR count). The molecule has 1 aromatic carbocycles. The van der Waals surface area contributed by atoms with Gasteiger partial charge in [0.05, 0.1) is 11.0 Å². The molecule has 1 aromatic heterocycles. The lowest BCUT2D eigenvalue weighted by Crippen LogP contribution is -2.12. The number of rotatable bonds is 1. The normalized spacial score (nSPS) is 18.6. The van der Waals surface area contributed by atoms with Gasteiger partial charge in [0.25, 0.3) is 0 Å². The Morgan fingerprint density at radius 3 is 3.11 bits per heavy atom. The Hall–Kier alpha value is -1.82. The second kappa shape index (κ2) is 4.70. The summed E-state index contributed by atoms with van der Waals surface area (Å²) in [6.45, 7) is 1.90. The Morgan fingerprint density at radius 1 is 1.47 bits per heavy atom. The summed E-state index contributed by atoms with van der Waals surface area (Å²) >= 11 is 1.48. The van der Waals surface area contributed by atoms with Crippen LogP contribution in [0.3, 0.4) is 0 Å². The second-order valence-electron chi connectivity index (χ2n) is 4.41. The summed E-state index contributed by atoms with van der Waals surface area (Å²) in [5, 5.41) is 9.64. The van der Waals surface area contributed by atoms with E-state index in [1.165, 1.54) is 23.9 Å². The molecule has 0 saturated heterocycles. The maximum absolute atomic E-state index is 13.4. The van der Waals surface area contributed by atoms with Crippen LogP contribution in [0.5, 0.6) is 0 Å². The number of hydrogen-bond donors (Lipinski definition) is 2. The number of carbonyl (C=O) groups excluding carboxylic acids is 1. The number of nitrogens with one attached hydrogen (secondary N) is 2. The molecule has 19 heavy (non-hydrogen) atoms. The lowest BCUT2D eigenvalue weighted by Gasteiger charge is -2.15. The predicted molar refractivity (Wildman–Crippen MR) is 72.7 cm³/mol. The van der Waals surface area contributed by atoms with Gasteiger partial charge in [0.15, 0.2) is 5.82 Å². The summed E-state index contributed by atoms with van der Waals surface area (Å²) in [6.07, 6.45) is 0. The molecule has 1 amide bonds. The van der Waals surface area contributed by atoms with Crippen molar-refractivity contribution in [2.45, 2.75) is 12.2 Å². The molecule has 2 heterocycles. The van der Waals surface area contributed by atoms with Crippen molar-refractivity contribution < 1.29 is 9.18 Å². The molecule has 98 valence electrons. The molecule has 1 aliphatic rings. The molecule has 1 unspecified atom stereocenters. The number of amides is 1. The average molecular weight is 277 g/mol. The van der Waals surface area contributed by atoms with Crippen LogP contribution >= 0.6 is 11.8 Å². The number of benzene rings is 1. The Balaban J connectivity index is 2.11. The van der Waals surface area contributed by atoms with Gasteiger partial charge in [0.2, 0.25) is 5.91 Å². The highest BCUT2D eigenvalue weighted by Crippen LogP contribution is 2.42. The van der Waals surface area contributed by atoms with Gasteiger partial charge in [-0.15, -0.1) is 11.8 Å². The fourth-order valence-corrected chi connectivity index (χ4v) is 3.38. The van der Waals surface area contributed by atoms with Gasteiger partial charge in [-0.3, -0.25) is 9.89 Å². The van der Waals surface area contributed by atoms with E-state index in [0.717, 1.165) is 16.8 Å². The number of aryl methyl sites for hydroxylation is 1. The first-order valence-corrected chi connectivity index (χ1v) is 6.92. The molecule has 0 bridgehead atoms. The number of halogens is 1. The van der Waals surface area contributed by atoms with Gasteiger partial charge in [0, 0.05) is 11.3 Å². The molecule has 0 spiro atoms. The summed E-state index contributed by atoms with van der Waals surface area (Å²) in [6, 6.07) is 6.47. The van der Waals surface area contributed by atoms with Gasteiger partial charge in [-0.05, 0) is 24.6 Å². The van der Waals surface area contributed by atoms with Gasteiger partial charge in [-0.25, -0.2) is 4.39 Å². The van der Waals surface area contributed by atoms with Crippen LogP contribution in [0.2, 0.25) is 0 Å². The zero-order valence-electron chi connectivity index (χ0n) is 10.2.